The predicted octanol–water partition coefficient (Wildman–Crippen LogP) is 2.62. The van der Waals surface area contributed by atoms with Crippen molar-refractivity contribution >= 4 is 0 Å². The molecule has 1 aromatic carbocycles. The van der Waals surface area contributed by atoms with Crippen LogP contribution in [0.5, 0.6) is 5.75 Å². The van der Waals surface area contributed by atoms with Crippen molar-refractivity contribution in [1.29, 1.82) is 0 Å². The van der Waals surface area contributed by atoms with Gasteiger partial charge in [-0.2, -0.15) is 0 Å². The van der Waals surface area contributed by atoms with Crippen LogP contribution in [0.15, 0.2) is 18.2 Å². The lowest BCUT2D eigenvalue weighted by Crippen LogP contribution is -2.26. The van der Waals surface area contributed by atoms with Crippen LogP contribution in [0.3, 0.4) is 0 Å². The van der Waals surface area contributed by atoms with E-state index in [1.165, 1.54) is 12.1 Å². The number of halogens is 1. The normalized spacial score (nSPS) is 23.0. The van der Waals surface area contributed by atoms with Crippen molar-refractivity contribution in [3.63, 3.8) is 0 Å². The van der Waals surface area contributed by atoms with Gasteiger partial charge in [0.05, 0.1) is 6.10 Å². The maximum atomic E-state index is 13.6. The van der Waals surface area contributed by atoms with Crippen LogP contribution < -0.4 is 10.1 Å². The maximum absolute atomic E-state index is 13.6. The Hall–Kier alpha value is -1.13. The average molecular weight is 267 g/mol. The summed E-state index contributed by atoms with van der Waals surface area (Å²) in [7, 11) is 0. The molecule has 1 aromatic rings. The minimum absolute atomic E-state index is 0.201. The standard InChI is InChI=1S/C15H22FNO2/c1-10(2)17-9-11-6-12(16)8-13(7-11)19-15-5-3-4-14(15)18/h6-8,10,14-15,17-18H,3-5,9H2,1-2H3. The minimum atomic E-state index is -0.430. The first-order valence-corrected chi connectivity index (χ1v) is 6.92. The summed E-state index contributed by atoms with van der Waals surface area (Å²) in [5.74, 6) is 0.206. The van der Waals surface area contributed by atoms with Gasteiger partial charge in [0.2, 0.25) is 0 Å². The van der Waals surface area contributed by atoms with E-state index in [1.807, 2.05) is 19.9 Å². The summed E-state index contributed by atoms with van der Waals surface area (Å²) in [6.07, 6.45) is 1.93. The van der Waals surface area contributed by atoms with Gasteiger partial charge in [-0.05, 0) is 37.0 Å². The summed E-state index contributed by atoms with van der Waals surface area (Å²) in [5.41, 5.74) is 0.858. The first-order valence-electron chi connectivity index (χ1n) is 6.92. The van der Waals surface area contributed by atoms with Crippen LogP contribution in [0.25, 0.3) is 0 Å². The second kappa shape index (κ2) is 6.35. The molecule has 2 atom stereocenters. The van der Waals surface area contributed by atoms with Crippen molar-refractivity contribution < 1.29 is 14.2 Å². The fourth-order valence-corrected chi connectivity index (χ4v) is 2.33. The molecule has 1 fully saturated rings. The van der Waals surface area contributed by atoms with Gasteiger partial charge in [0.25, 0.3) is 0 Å². The van der Waals surface area contributed by atoms with E-state index in [9.17, 15) is 9.50 Å². The predicted molar refractivity (Wildman–Crippen MR) is 72.6 cm³/mol. The van der Waals surface area contributed by atoms with E-state index >= 15 is 0 Å². The molecule has 2 rings (SSSR count). The summed E-state index contributed by atoms with van der Waals surface area (Å²) in [4.78, 5) is 0. The Morgan fingerprint density at radius 3 is 2.79 bits per heavy atom. The lowest BCUT2D eigenvalue weighted by Gasteiger charge is -2.18. The molecule has 0 radical (unpaired) electrons. The molecule has 0 amide bonds. The number of rotatable bonds is 5. The van der Waals surface area contributed by atoms with E-state index in [2.05, 4.69) is 5.32 Å². The van der Waals surface area contributed by atoms with Gasteiger partial charge in [0.15, 0.2) is 0 Å². The van der Waals surface area contributed by atoms with E-state index in [0.717, 1.165) is 24.8 Å². The second-order valence-electron chi connectivity index (χ2n) is 5.49. The van der Waals surface area contributed by atoms with Gasteiger partial charge in [-0.15, -0.1) is 0 Å². The van der Waals surface area contributed by atoms with Gasteiger partial charge >= 0.3 is 0 Å². The number of hydrogen-bond donors (Lipinski definition) is 2. The largest absolute Gasteiger partial charge is 0.488 e. The number of ether oxygens (including phenoxy) is 1. The topological polar surface area (TPSA) is 41.5 Å². The molecule has 0 aromatic heterocycles. The molecule has 0 bridgehead atoms. The third-order valence-electron chi connectivity index (χ3n) is 3.35. The summed E-state index contributed by atoms with van der Waals surface area (Å²) >= 11 is 0. The van der Waals surface area contributed by atoms with Crippen LogP contribution in [0.2, 0.25) is 0 Å². The van der Waals surface area contributed by atoms with Crippen LogP contribution >= 0.6 is 0 Å². The Morgan fingerprint density at radius 1 is 1.37 bits per heavy atom. The molecule has 0 spiro atoms. The number of nitrogens with one attached hydrogen (secondary N) is 1. The highest BCUT2D eigenvalue weighted by molar-refractivity contribution is 5.30. The minimum Gasteiger partial charge on any atom is -0.488 e. The fraction of sp³-hybridized carbons (Fsp3) is 0.600. The first-order chi connectivity index (χ1) is 9.04. The summed E-state index contributed by atoms with van der Waals surface area (Å²) in [6.45, 7) is 4.70. The molecule has 1 aliphatic rings. The van der Waals surface area contributed by atoms with Gasteiger partial charge in [-0.25, -0.2) is 4.39 Å². The van der Waals surface area contributed by atoms with Gasteiger partial charge < -0.3 is 15.2 Å². The Bertz CT molecular complexity index is 423. The monoisotopic (exact) mass is 267 g/mol. The molecule has 3 nitrogen and oxygen atoms in total. The molecule has 4 heteroatoms. The number of benzene rings is 1. The Balaban J connectivity index is 2.03. The lowest BCUT2D eigenvalue weighted by molar-refractivity contribution is 0.0601. The molecule has 2 unspecified atom stereocenters. The molecular weight excluding hydrogens is 245 g/mol. The lowest BCUT2D eigenvalue weighted by atomic mass is 10.2. The van der Waals surface area contributed by atoms with E-state index in [0.29, 0.717) is 18.3 Å². The van der Waals surface area contributed by atoms with Crippen molar-refractivity contribution in [3.05, 3.63) is 29.6 Å². The van der Waals surface area contributed by atoms with Crippen LogP contribution in [0.1, 0.15) is 38.7 Å². The van der Waals surface area contributed by atoms with Gasteiger partial charge in [0, 0.05) is 18.7 Å². The first kappa shape index (κ1) is 14.3. The third kappa shape index (κ3) is 4.18. The fourth-order valence-electron chi connectivity index (χ4n) is 2.33. The molecule has 0 aliphatic heterocycles. The van der Waals surface area contributed by atoms with Crippen LogP contribution in [0.4, 0.5) is 4.39 Å². The van der Waals surface area contributed by atoms with Crippen molar-refractivity contribution in [1.82, 2.24) is 5.32 Å². The Morgan fingerprint density at radius 2 is 2.16 bits per heavy atom. The number of aliphatic hydroxyl groups excluding tert-OH is 1. The highest BCUT2D eigenvalue weighted by Gasteiger charge is 2.27. The zero-order valence-electron chi connectivity index (χ0n) is 11.5. The summed E-state index contributed by atoms with van der Waals surface area (Å²) in [5, 5.41) is 13.0. The van der Waals surface area contributed by atoms with Gasteiger partial charge in [-0.1, -0.05) is 13.8 Å². The van der Waals surface area contributed by atoms with E-state index < -0.39 is 6.10 Å². The smallest absolute Gasteiger partial charge is 0.127 e. The summed E-state index contributed by atoms with van der Waals surface area (Å²) in [6, 6.07) is 5.07. The molecular formula is C15H22FNO2. The Kier molecular flexibility index (Phi) is 4.77. The van der Waals surface area contributed by atoms with Crippen molar-refractivity contribution in [2.24, 2.45) is 0 Å². The van der Waals surface area contributed by atoms with E-state index in [4.69, 9.17) is 4.74 Å². The number of aliphatic hydroxyl groups is 1. The Labute approximate surface area is 113 Å². The van der Waals surface area contributed by atoms with Crippen LogP contribution in [-0.4, -0.2) is 23.4 Å². The molecule has 19 heavy (non-hydrogen) atoms. The second-order valence-corrected chi connectivity index (χ2v) is 5.49. The van der Waals surface area contributed by atoms with Crippen LogP contribution in [-0.2, 0) is 6.54 Å². The van der Waals surface area contributed by atoms with Crippen molar-refractivity contribution in [3.8, 4) is 5.75 Å². The summed E-state index contributed by atoms with van der Waals surface area (Å²) < 4.78 is 19.3. The number of hydrogen-bond acceptors (Lipinski definition) is 3. The molecule has 2 N–H and O–H groups in total. The zero-order valence-corrected chi connectivity index (χ0v) is 11.5. The maximum Gasteiger partial charge on any atom is 0.127 e. The molecule has 1 saturated carbocycles. The van der Waals surface area contributed by atoms with Crippen molar-refractivity contribution in [2.45, 2.75) is 57.9 Å². The van der Waals surface area contributed by atoms with E-state index in [-0.39, 0.29) is 11.9 Å². The molecule has 106 valence electrons. The molecule has 0 heterocycles. The third-order valence-corrected chi connectivity index (χ3v) is 3.35. The van der Waals surface area contributed by atoms with Gasteiger partial charge in [0.1, 0.15) is 17.7 Å². The van der Waals surface area contributed by atoms with Crippen molar-refractivity contribution in [2.75, 3.05) is 0 Å². The molecule has 0 saturated heterocycles. The molecule has 1 aliphatic carbocycles. The van der Waals surface area contributed by atoms with E-state index in [1.54, 1.807) is 0 Å². The SMILES string of the molecule is CC(C)NCc1cc(F)cc(OC2CCCC2O)c1. The average Bonchev–Trinajstić information content (AvgIpc) is 2.72. The highest BCUT2D eigenvalue weighted by atomic mass is 19.1. The van der Waals surface area contributed by atoms with Crippen LogP contribution in [0, 0.1) is 5.82 Å². The zero-order chi connectivity index (χ0) is 13.8. The highest BCUT2D eigenvalue weighted by Crippen LogP contribution is 2.26. The van der Waals surface area contributed by atoms with Gasteiger partial charge in [-0.3, -0.25) is 0 Å². The quantitative estimate of drug-likeness (QED) is 0.861.